The lowest BCUT2D eigenvalue weighted by atomic mass is 9.98. The SMILES string of the molecule is Nc1c(Cl)cc(C[C@@H](NC(=O)N2CCC(N3CCc4ccccc4NC3=O)CC2)C(=O)N2CCC(N3CCN(C(=O)OCc4ccccc4)CC3)CC2)cc1C(F)(F)F. The maximum absolute atomic E-state index is 14.2. The van der Waals surface area contributed by atoms with E-state index in [0.717, 1.165) is 22.9 Å². The Morgan fingerprint density at radius 3 is 2.15 bits per heavy atom. The summed E-state index contributed by atoms with van der Waals surface area (Å²) < 4.78 is 47.3. The number of piperazine rings is 1. The van der Waals surface area contributed by atoms with Crippen molar-refractivity contribution >= 4 is 47.0 Å². The van der Waals surface area contributed by atoms with Crippen molar-refractivity contribution in [3.63, 3.8) is 0 Å². The topological polar surface area (TPSA) is 144 Å². The number of amides is 6. The molecule has 0 radical (unpaired) electrons. The largest absolute Gasteiger partial charge is 0.445 e. The van der Waals surface area contributed by atoms with Gasteiger partial charge in [-0.3, -0.25) is 9.69 Å². The molecule has 4 N–H and O–H groups in total. The molecule has 3 aromatic rings. The van der Waals surface area contributed by atoms with Gasteiger partial charge in [0.2, 0.25) is 5.91 Å². The van der Waals surface area contributed by atoms with E-state index in [9.17, 15) is 32.3 Å². The molecule has 4 heterocycles. The van der Waals surface area contributed by atoms with Crippen LogP contribution in [0.5, 0.6) is 0 Å². The molecular formula is C42H50ClF3N8O5. The van der Waals surface area contributed by atoms with E-state index in [1.807, 2.05) is 59.5 Å². The molecular weight excluding hydrogens is 789 g/mol. The predicted octanol–water partition coefficient (Wildman–Crippen LogP) is 6.06. The highest BCUT2D eigenvalue weighted by Gasteiger charge is 2.38. The van der Waals surface area contributed by atoms with Crippen molar-refractivity contribution in [3.05, 3.63) is 94.0 Å². The van der Waals surface area contributed by atoms with E-state index in [0.29, 0.717) is 91.0 Å². The first-order valence-corrected chi connectivity index (χ1v) is 20.6. The van der Waals surface area contributed by atoms with Crippen LogP contribution in [0.15, 0.2) is 66.7 Å². The van der Waals surface area contributed by atoms with E-state index in [1.165, 1.54) is 6.07 Å². The summed E-state index contributed by atoms with van der Waals surface area (Å²) in [4.78, 5) is 63.0. The maximum atomic E-state index is 14.2. The maximum Gasteiger partial charge on any atom is 0.418 e. The van der Waals surface area contributed by atoms with Crippen molar-refractivity contribution in [2.45, 2.75) is 69.4 Å². The number of hydrogen-bond acceptors (Lipinski definition) is 7. The van der Waals surface area contributed by atoms with Gasteiger partial charge in [0.05, 0.1) is 16.3 Å². The summed E-state index contributed by atoms with van der Waals surface area (Å²) in [6.07, 6.45) is -2.32. The van der Waals surface area contributed by atoms with Crippen LogP contribution in [0.1, 0.15) is 47.9 Å². The quantitative estimate of drug-likeness (QED) is 0.234. The number of nitrogens with one attached hydrogen (secondary N) is 2. The summed E-state index contributed by atoms with van der Waals surface area (Å²) in [5.74, 6) is -0.403. The summed E-state index contributed by atoms with van der Waals surface area (Å²) >= 11 is 6.16. The van der Waals surface area contributed by atoms with Crippen molar-refractivity contribution in [1.29, 1.82) is 0 Å². The minimum Gasteiger partial charge on any atom is -0.445 e. The number of anilines is 2. The van der Waals surface area contributed by atoms with Crippen LogP contribution in [0.25, 0.3) is 0 Å². The van der Waals surface area contributed by atoms with Gasteiger partial charge >= 0.3 is 24.3 Å². The lowest BCUT2D eigenvalue weighted by Gasteiger charge is -2.43. The summed E-state index contributed by atoms with van der Waals surface area (Å²) in [6.45, 7) is 4.51. The molecule has 7 rings (SSSR count). The second kappa shape index (κ2) is 18.4. The minimum absolute atomic E-state index is 0.0961. The van der Waals surface area contributed by atoms with Crippen LogP contribution >= 0.6 is 11.6 Å². The third-order valence-electron chi connectivity index (χ3n) is 11.9. The third-order valence-corrected chi connectivity index (χ3v) is 12.2. The fraction of sp³-hybridized carbons (Fsp3) is 0.476. The van der Waals surface area contributed by atoms with Crippen molar-refractivity contribution in [2.24, 2.45) is 0 Å². The van der Waals surface area contributed by atoms with E-state index in [4.69, 9.17) is 22.1 Å². The zero-order valence-electron chi connectivity index (χ0n) is 32.8. The van der Waals surface area contributed by atoms with Crippen LogP contribution in [0.3, 0.4) is 0 Å². The number of nitrogens with two attached hydrogens (primary N) is 1. The van der Waals surface area contributed by atoms with Gasteiger partial charge in [-0.1, -0.05) is 60.1 Å². The molecule has 3 saturated heterocycles. The highest BCUT2D eigenvalue weighted by atomic mass is 35.5. The molecule has 0 spiro atoms. The minimum atomic E-state index is -4.78. The van der Waals surface area contributed by atoms with Gasteiger partial charge < -0.3 is 40.7 Å². The van der Waals surface area contributed by atoms with Crippen LogP contribution in [0.4, 0.5) is 38.9 Å². The molecule has 1 atom stereocenters. The Morgan fingerprint density at radius 2 is 1.46 bits per heavy atom. The number of benzene rings is 3. The normalized spacial score (nSPS) is 19.1. The number of piperidine rings is 2. The number of rotatable bonds is 8. The Morgan fingerprint density at radius 1 is 0.814 bits per heavy atom. The van der Waals surface area contributed by atoms with Crippen molar-refractivity contribution in [1.82, 2.24) is 29.8 Å². The average Bonchev–Trinajstić information content (AvgIpc) is 3.41. The summed E-state index contributed by atoms with van der Waals surface area (Å²) in [5, 5.41) is 5.55. The van der Waals surface area contributed by atoms with Gasteiger partial charge in [-0.25, -0.2) is 14.4 Å². The fourth-order valence-electron chi connectivity index (χ4n) is 8.57. The number of carbonyl (C=O) groups is 4. The first-order valence-electron chi connectivity index (χ1n) is 20.2. The molecule has 3 fully saturated rings. The monoisotopic (exact) mass is 838 g/mol. The third kappa shape index (κ3) is 10.2. The van der Waals surface area contributed by atoms with Crippen LogP contribution in [0, 0.1) is 0 Å². The van der Waals surface area contributed by atoms with E-state index in [1.54, 1.807) is 14.7 Å². The number of alkyl halides is 3. The molecule has 3 aromatic carbocycles. The van der Waals surface area contributed by atoms with Gasteiger partial charge in [0, 0.05) is 83.1 Å². The zero-order chi connectivity index (χ0) is 41.7. The number of hydrogen-bond donors (Lipinski definition) is 3. The Kier molecular flexibility index (Phi) is 13.0. The van der Waals surface area contributed by atoms with E-state index < -0.39 is 35.4 Å². The van der Waals surface area contributed by atoms with Crippen LogP contribution in [0.2, 0.25) is 5.02 Å². The number of ether oxygens (including phenoxy) is 1. The number of likely N-dealkylation sites (tertiary alicyclic amines) is 2. The fourth-order valence-corrected chi connectivity index (χ4v) is 8.82. The average molecular weight is 839 g/mol. The second-order valence-electron chi connectivity index (χ2n) is 15.6. The van der Waals surface area contributed by atoms with Gasteiger partial charge in [-0.2, -0.15) is 13.2 Å². The summed E-state index contributed by atoms with van der Waals surface area (Å²) in [6, 6.07) is 17.6. The number of urea groups is 2. The molecule has 0 unspecified atom stereocenters. The highest BCUT2D eigenvalue weighted by Crippen LogP contribution is 2.38. The number of nitrogens with zero attached hydrogens (tertiary/aromatic N) is 5. The molecule has 13 nitrogen and oxygen atoms in total. The first kappa shape index (κ1) is 41.9. The summed E-state index contributed by atoms with van der Waals surface area (Å²) in [5.41, 5.74) is 6.86. The molecule has 6 amide bonds. The molecule has 0 saturated carbocycles. The van der Waals surface area contributed by atoms with Crippen LogP contribution in [-0.2, 0) is 35.2 Å². The van der Waals surface area contributed by atoms with Gasteiger partial charge in [-0.15, -0.1) is 0 Å². The first-order chi connectivity index (χ1) is 28.3. The second-order valence-corrected chi connectivity index (χ2v) is 16.0. The Labute approximate surface area is 346 Å². The van der Waals surface area contributed by atoms with E-state index in [-0.39, 0.29) is 47.8 Å². The van der Waals surface area contributed by atoms with Crippen molar-refractivity contribution in [3.8, 4) is 0 Å². The predicted molar refractivity (Wildman–Crippen MR) is 217 cm³/mol. The number of carbonyl (C=O) groups excluding carboxylic acids is 4. The van der Waals surface area contributed by atoms with Crippen LogP contribution in [-0.4, -0.2) is 126 Å². The number of nitrogen functional groups attached to an aromatic ring is 1. The number of halogens is 4. The number of para-hydroxylation sites is 1. The molecule has 316 valence electrons. The van der Waals surface area contributed by atoms with Crippen molar-refractivity contribution in [2.75, 3.05) is 70.0 Å². The number of fused-ring (bicyclic) bond motifs is 1. The Balaban J connectivity index is 0.959. The molecule has 17 heteroatoms. The van der Waals surface area contributed by atoms with Gasteiger partial charge in [0.15, 0.2) is 0 Å². The standard InChI is InChI=1S/C42H50ClF3N8O5/c43-34-25-29(24-33(37(34)47)42(44,45)46)26-36(49-39(56)52-17-13-32(14-18-52)54-19-10-30-8-4-5-9-35(30)48-40(54)57)38(55)51-15-11-31(12-16-51)50-20-22-53(23-21-50)41(58)59-27-28-6-2-1-3-7-28/h1-9,24-25,31-32,36H,10-23,26-27,47H2,(H,48,57)(H,49,56)/t36-/m1/s1. The Hall–Kier alpha value is -5.22. The highest BCUT2D eigenvalue weighted by molar-refractivity contribution is 6.33. The van der Waals surface area contributed by atoms with E-state index in [2.05, 4.69) is 15.5 Å². The Bertz CT molecular complexity index is 1980. The van der Waals surface area contributed by atoms with Gasteiger partial charge in [0.1, 0.15) is 12.6 Å². The lowest BCUT2D eigenvalue weighted by Crippen LogP contribution is -2.58. The lowest BCUT2D eigenvalue weighted by molar-refractivity contribution is -0.137. The smallest absolute Gasteiger partial charge is 0.418 e. The van der Waals surface area contributed by atoms with Crippen molar-refractivity contribution < 1.29 is 37.1 Å². The van der Waals surface area contributed by atoms with Gasteiger partial charge in [-0.05, 0) is 67.0 Å². The van der Waals surface area contributed by atoms with Gasteiger partial charge in [0.25, 0.3) is 0 Å². The molecule has 0 aliphatic carbocycles. The molecule has 0 bridgehead atoms. The van der Waals surface area contributed by atoms with Crippen LogP contribution < -0.4 is 16.4 Å². The molecule has 4 aliphatic heterocycles. The summed E-state index contributed by atoms with van der Waals surface area (Å²) in [7, 11) is 0. The zero-order valence-corrected chi connectivity index (χ0v) is 33.5. The molecule has 4 aliphatic rings. The molecule has 59 heavy (non-hydrogen) atoms. The van der Waals surface area contributed by atoms with E-state index >= 15 is 0 Å². The molecule has 0 aromatic heterocycles.